The highest BCUT2D eigenvalue weighted by atomic mass is 79.9. The Balaban J connectivity index is 2.08. The van der Waals surface area contributed by atoms with Gasteiger partial charge in [0.25, 0.3) is 5.56 Å². The molecule has 0 atom stereocenters. The summed E-state index contributed by atoms with van der Waals surface area (Å²) in [5.74, 6) is -0.627. The summed E-state index contributed by atoms with van der Waals surface area (Å²) < 4.78 is 15.7. The van der Waals surface area contributed by atoms with Gasteiger partial charge in [-0.2, -0.15) is 0 Å². The summed E-state index contributed by atoms with van der Waals surface area (Å²) in [4.78, 5) is 25.1. The molecule has 110 valence electrons. The second-order valence-corrected chi connectivity index (χ2v) is 5.57. The molecule has 0 saturated heterocycles. The summed E-state index contributed by atoms with van der Waals surface area (Å²) in [6.07, 6.45) is 1.55. The summed E-state index contributed by atoms with van der Waals surface area (Å²) >= 11 is 3.27. The van der Waals surface area contributed by atoms with Gasteiger partial charge in [-0.1, -0.05) is 22.0 Å². The smallest absolute Gasteiger partial charge is 0.250 e. The molecule has 0 bridgehead atoms. The molecule has 0 saturated carbocycles. The highest BCUT2D eigenvalue weighted by Gasteiger charge is 2.13. The van der Waals surface area contributed by atoms with Gasteiger partial charge in [-0.05, 0) is 24.3 Å². The van der Waals surface area contributed by atoms with Crippen molar-refractivity contribution in [3.05, 3.63) is 68.8 Å². The van der Waals surface area contributed by atoms with E-state index >= 15 is 0 Å². The number of hydrogen-bond acceptors (Lipinski definition) is 2. The molecule has 1 aromatic heterocycles. The lowest BCUT2D eigenvalue weighted by Crippen LogP contribution is -2.33. The number of likely N-dealkylation sites (N-methyl/N-ethyl adjacent to an activating group) is 1. The second kappa shape index (κ2) is 6.67. The number of carbonyl (C=O) groups excluding carboxylic acids is 1. The van der Waals surface area contributed by atoms with E-state index in [2.05, 4.69) is 15.9 Å². The highest BCUT2D eigenvalue weighted by Crippen LogP contribution is 2.16. The number of aromatic nitrogens is 1. The predicted octanol–water partition coefficient (Wildman–Crippen LogP) is 2.41. The average molecular weight is 353 g/mol. The lowest BCUT2D eigenvalue weighted by Gasteiger charge is -2.18. The Bertz CT molecular complexity index is 715. The van der Waals surface area contributed by atoms with Crippen LogP contribution in [0.1, 0.15) is 5.56 Å². The maximum atomic E-state index is 13.7. The monoisotopic (exact) mass is 352 g/mol. The Morgan fingerprint density at radius 3 is 2.81 bits per heavy atom. The van der Waals surface area contributed by atoms with Crippen molar-refractivity contribution < 1.29 is 9.18 Å². The highest BCUT2D eigenvalue weighted by molar-refractivity contribution is 9.10. The van der Waals surface area contributed by atoms with E-state index in [1.165, 1.54) is 21.6 Å². The van der Waals surface area contributed by atoms with E-state index in [-0.39, 0.29) is 30.4 Å². The van der Waals surface area contributed by atoms with E-state index in [4.69, 9.17) is 0 Å². The first-order valence-corrected chi connectivity index (χ1v) is 7.10. The van der Waals surface area contributed by atoms with Crippen LogP contribution < -0.4 is 5.56 Å². The number of rotatable bonds is 4. The molecule has 1 aromatic carbocycles. The summed E-state index contributed by atoms with van der Waals surface area (Å²) in [5, 5.41) is 0. The molecular formula is C15H14BrFN2O2. The number of benzene rings is 1. The fraction of sp³-hybridized carbons (Fsp3) is 0.200. The zero-order chi connectivity index (χ0) is 15.4. The molecule has 0 aliphatic heterocycles. The maximum absolute atomic E-state index is 13.7. The molecule has 1 heterocycles. The third kappa shape index (κ3) is 4.01. The number of pyridine rings is 1. The fourth-order valence-electron chi connectivity index (χ4n) is 1.87. The van der Waals surface area contributed by atoms with Crippen LogP contribution in [0.4, 0.5) is 4.39 Å². The van der Waals surface area contributed by atoms with Gasteiger partial charge in [0.2, 0.25) is 5.91 Å². The second-order valence-electron chi connectivity index (χ2n) is 4.65. The van der Waals surface area contributed by atoms with Gasteiger partial charge in [0, 0.05) is 35.9 Å². The molecule has 6 heteroatoms. The molecule has 0 spiro atoms. The molecule has 0 aliphatic carbocycles. The molecule has 0 radical (unpaired) electrons. The van der Waals surface area contributed by atoms with Crippen molar-refractivity contribution in [1.82, 2.24) is 9.47 Å². The van der Waals surface area contributed by atoms with Crippen LogP contribution in [-0.4, -0.2) is 22.4 Å². The van der Waals surface area contributed by atoms with Gasteiger partial charge < -0.3 is 9.47 Å². The van der Waals surface area contributed by atoms with Crippen LogP contribution in [-0.2, 0) is 17.9 Å². The van der Waals surface area contributed by atoms with Gasteiger partial charge in [-0.15, -0.1) is 0 Å². The van der Waals surface area contributed by atoms with E-state index in [1.54, 1.807) is 37.5 Å². The minimum Gasteiger partial charge on any atom is -0.340 e. The van der Waals surface area contributed by atoms with Crippen LogP contribution in [0.2, 0.25) is 0 Å². The van der Waals surface area contributed by atoms with E-state index in [9.17, 15) is 14.0 Å². The van der Waals surface area contributed by atoms with Gasteiger partial charge in [0.05, 0.1) is 0 Å². The van der Waals surface area contributed by atoms with Crippen LogP contribution in [0, 0.1) is 5.82 Å². The minimum absolute atomic E-state index is 0.0637. The van der Waals surface area contributed by atoms with E-state index < -0.39 is 0 Å². The van der Waals surface area contributed by atoms with Crippen LogP contribution in [0.15, 0.2) is 51.9 Å². The van der Waals surface area contributed by atoms with Crippen LogP contribution in [0.25, 0.3) is 0 Å². The fourth-order valence-corrected chi connectivity index (χ4v) is 2.27. The summed E-state index contributed by atoms with van der Waals surface area (Å²) in [5.41, 5.74) is 0.175. The predicted molar refractivity (Wildman–Crippen MR) is 81.3 cm³/mol. The van der Waals surface area contributed by atoms with Crippen molar-refractivity contribution in [2.45, 2.75) is 13.1 Å². The van der Waals surface area contributed by atoms with Gasteiger partial charge in [-0.25, -0.2) is 4.39 Å². The van der Waals surface area contributed by atoms with Crippen LogP contribution in [0.5, 0.6) is 0 Å². The molecule has 1 amide bonds. The Hall–Kier alpha value is -1.95. The van der Waals surface area contributed by atoms with Crippen molar-refractivity contribution >= 4 is 21.8 Å². The van der Waals surface area contributed by atoms with Crippen molar-refractivity contribution in [3.63, 3.8) is 0 Å². The third-order valence-electron chi connectivity index (χ3n) is 3.05. The Morgan fingerprint density at radius 1 is 1.33 bits per heavy atom. The number of nitrogens with zero attached hydrogens (tertiary/aromatic N) is 2. The first-order chi connectivity index (χ1) is 9.97. The van der Waals surface area contributed by atoms with Crippen molar-refractivity contribution in [2.24, 2.45) is 0 Å². The third-order valence-corrected chi connectivity index (χ3v) is 3.54. The first-order valence-electron chi connectivity index (χ1n) is 6.31. The normalized spacial score (nSPS) is 10.4. The molecule has 0 fully saturated rings. The van der Waals surface area contributed by atoms with Gasteiger partial charge >= 0.3 is 0 Å². The molecule has 0 N–H and O–H groups in total. The Morgan fingerprint density at radius 2 is 2.10 bits per heavy atom. The van der Waals surface area contributed by atoms with E-state index in [1.807, 2.05) is 0 Å². The van der Waals surface area contributed by atoms with Gasteiger partial charge in [-0.3, -0.25) is 9.59 Å². The topological polar surface area (TPSA) is 42.3 Å². The van der Waals surface area contributed by atoms with Crippen LogP contribution >= 0.6 is 15.9 Å². The van der Waals surface area contributed by atoms with E-state index in [0.29, 0.717) is 5.56 Å². The Labute approximate surface area is 129 Å². The van der Waals surface area contributed by atoms with Crippen molar-refractivity contribution in [3.8, 4) is 0 Å². The van der Waals surface area contributed by atoms with Gasteiger partial charge in [0.15, 0.2) is 0 Å². The lowest BCUT2D eigenvalue weighted by molar-refractivity contribution is -0.131. The molecule has 4 nitrogen and oxygen atoms in total. The number of amides is 1. The Kier molecular flexibility index (Phi) is 4.90. The lowest BCUT2D eigenvalue weighted by atomic mass is 10.2. The summed E-state index contributed by atoms with van der Waals surface area (Å²) in [7, 11) is 1.58. The van der Waals surface area contributed by atoms with E-state index in [0.717, 1.165) is 4.47 Å². The van der Waals surface area contributed by atoms with Crippen molar-refractivity contribution in [1.29, 1.82) is 0 Å². The molecule has 0 aliphatic rings. The molecule has 0 unspecified atom stereocenters. The SMILES string of the molecule is CN(Cc1cc(Br)ccc1F)C(=O)Cn1ccccc1=O. The van der Waals surface area contributed by atoms with Gasteiger partial charge in [0.1, 0.15) is 12.4 Å². The summed E-state index contributed by atoms with van der Waals surface area (Å²) in [6.45, 7) is 0.0808. The zero-order valence-electron chi connectivity index (χ0n) is 11.4. The average Bonchev–Trinajstić information content (AvgIpc) is 2.45. The first kappa shape index (κ1) is 15.4. The zero-order valence-corrected chi connectivity index (χ0v) is 13.0. The molecule has 21 heavy (non-hydrogen) atoms. The van der Waals surface area contributed by atoms with Crippen molar-refractivity contribution in [2.75, 3.05) is 7.05 Å². The standard InChI is InChI=1S/C15H14BrFN2O2/c1-18(9-11-8-12(16)5-6-13(11)17)15(21)10-19-7-3-2-4-14(19)20/h2-8H,9-10H2,1H3. The molecule has 2 rings (SSSR count). The van der Waals surface area contributed by atoms with Crippen LogP contribution in [0.3, 0.4) is 0 Å². The quantitative estimate of drug-likeness (QED) is 0.847. The maximum Gasteiger partial charge on any atom is 0.250 e. The molecule has 2 aromatic rings. The number of halogens is 2. The number of hydrogen-bond donors (Lipinski definition) is 0. The molecular weight excluding hydrogens is 339 g/mol. The summed E-state index contributed by atoms with van der Waals surface area (Å²) in [6, 6.07) is 9.27. The largest absolute Gasteiger partial charge is 0.340 e. The minimum atomic E-state index is -0.366. The number of carbonyl (C=O) groups is 1.